The number of carboxylic acid groups (broad SMARTS) is 1. The van der Waals surface area contributed by atoms with E-state index in [-0.39, 0.29) is 29.5 Å². The molecule has 0 atom stereocenters. The molecule has 2 rings (SSSR count). The molecule has 0 aliphatic heterocycles. The molecule has 0 radical (unpaired) electrons. The molecule has 25 heavy (non-hydrogen) atoms. The van der Waals surface area contributed by atoms with Gasteiger partial charge in [-0.2, -0.15) is 0 Å². The van der Waals surface area contributed by atoms with Gasteiger partial charge in [-0.25, -0.2) is 8.42 Å². The van der Waals surface area contributed by atoms with E-state index in [1.807, 2.05) is 0 Å². The molecule has 0 unspecified atom stereocenters. The summed E-state index contributed by atoms with van der Waals surface area (Å²) in [7, 11) is -3.32. The largest absolute Gasteiger partial charge is 0.481 e. The average molecular weight is 367 g/mol. The molecular weight excluding hydrogens is 342 g/mol. The van der Waals surface area contributed by atoms with Gasteiger partial charge in [0.05, 0.1) is 22.5 Å². The Morgan fingerprint density at radius 2 is 1.88 bits per heavy atom. The third-order valence-electron chi connectivity index (χ3n) is 4.89. The van der Waals surface area contributed by atoms with Crippen molar-refractivity contribution < 1.29 is 23.1 Å². The number of carbonyl (C=O) groups excluding carboxylic acids is 1. The Morgan fingerprint density at radius 3 is 2.48 bits per heavy atom. The number of sulfone groups is 1. The normalized spacial score (nSPS) is 17.0. The van der Waals surface area contributed by atoms with Crippen molar-refractivity contribution >= 4 is 21.7 Å². The van der Waals surface area contributed by atoms with E-state index in [2.05, 4.69) is 5.32 Å². The van der Waals surface area contributed by atoms with E-state index in [1.54, 1.807) is 19.1 Å². The van der Waals surface area contributed by atoms with E-state index < -0.39 is 21.2 Å². The van der Waals surface area contributed by atoms with Crippen molar-refractivity contribution in [3.05, 3.63) is 29.8 Å². The van der Waals surface area contributed by atoms with E-state index in [0.717, 1.165) is 19.3 Å². The lowest BCUT2D eigenvalue weighted by Crippen LogP contribution is -2.44. The summed E-state index contributed by atoms with van der Waals surface area (Å²) in [6.45, 7) is 1.69. The summed E-state index contributed by atoms with van der Waals surface area (Å²) < 4.78 is 23.8. The van der Waals surface area contributed by atoms with Crippen molar-refractivity contribution in [1.29, 1.82) is 0 Å². The highest BCUT2D eigenvalue weighted by Crippen LogP contribution is 2.36. The Bertz CT molecular complexity index is 736. The van der Waals surface area contributed by atoms with Gasteiger partial charge in [0.2, 0.25) is 5.91 Å². The first kappa shape index (κ1) is 19.4. The maximum atomic E-state index is 12.2. The minimum absolute atomic E-state index is 0.00375. The first-order valence-corrected chi connectivity index (χ1v) is 10.3. The van der Waals surface area contributed by atoms with Crippen molar-refractivity contribution in [1.82, 2.24) is 5.32 Å². The minimum Gasteiger partial charge on any atom is -0.481 e. The lowest BCUT2D eigenvalue weighted by atomic mass is 9.74. The fourth-order valence-electron chi connectivity index (χ4n) is 3.23. The summed E-state index contributed by atoms with van der Waals surface area (Å²) in [5.74, 6) is -1.15. The van der Waals surface area contributed by atoms with Crippen LogP contribution in [-0.4, -0.2) is 37.7 Å². The SMILES string of the molecule is CCS(=O)(=O)c1cccc(CC(=O)NCC2(C(=O)O)CCCCC2)c1. The van der Waals surface area contributed by atoms with E-state index in [9.17, 15) is 23.1 Å². The third-order valence-corrected chi connectivity index (χ3v) is 6.62. The molecule has 7 heteroatoms. The fourth-order valence-corrected chi connectivity index (χ4v) is 4.18. The molecule has 1 fully saturated rings. The topological polar surface area (TPSA) is 101 Å². The van der Waals surface area contributed by atoms with Gasteiger partial charge in [-0.1, -0.05) is 38.3 Å². The molecular formula is C18H25NO5S. The smallest absolute Gasteiger partial charge is 0.311 e. The van der Waals surface area contributed by atoms with E-state index in [0.29, 0.717) is 18.4 Å². The van der Waals surface area contributed by atoms with Crippen molar-refractivity contribution in [3.63, 3.8) is 0 Å². The van der Waals surface area contributed by atoms with E-state index >= 15 is 0 Å². The standard InChI is InChI=1S/C18H25NO5S/c1-2-25(23,24)15-8-6-7-14(11-15)12-16(20)19-13-18(17(21)22)9-4-3-5-10-18/h6-8,11H,2-5,9-10,12-13H2,1H3,(H,19,20)(H,21,22). The molecule has 1 aromatic carbocycles. The van der Waals surface area contributed by atoms with E-state index in [4.69, 9.17) is 0 Å². The average Bonchev–Trinajstić information content (AvgIpc) is 2.61. The van der Waals surface area contributed by atoms with Crippen LogP contribution in [0.15, 0.2) is 29.2 Å². The van der Waals surface area contributed by atoms with Crippen LogP contribution >= 0.6 is 0 Å². The monoisotopic (exact) mass is 367 g/mol. The number of benzene rings is 1. The molecule has 138 valence electrons. The zero-order chi connectivity index (χ0) is 18.5. The highest BCUT2D eigenvalue weighted by atomic mass is 32.2. The van der Waals surface area contributed by atoms with Gasteiger partial charge >= 0.3 is 5.97 Å². The van der Waals surface area contributed by atoms with Gasteiger partial charge in [-0.15, -0.1) is 0 Å². The number of carbonyl (C=O) groups is 2. The van der Waals surface area contributed by atoms with Gasteiger partial charge < -0.3 is 10.4 Å². The lowest BCUT2D eigenvalue weighted by Gasteiger charge is -2.33. The predicted octanol–water partition coefficient (Wildman–Crippen LogP) is 2.17. The van der Waals surface area contributed by atoms with Gasteiger partial charge in [0.15, 0.2) is 9.84 Å². The Morgan fingerprint density at radius 1 is 1.20 bits per heavy atom. The highest BCUT2D eigenvalue weighted by Gasteiger charge is 2.39. The molecule has 1 aliphatic carbocycles. The zero-order valence-corrected chi connectivity index (χ0v) is 15.3. The second kappa shape index (κ2) is 7.99. The third kappa shape index (κ3) is 4.81. The summed E-state index contributed by atoms with van der Waals surface area (Å²) in [5.41, 5.74) is -0.276. The second-order valence-electron chi connectivity index (χ2n) is 6.65. The van der Waals surface area contributed by atoms with Gasteiger partial charge in [0.25, 0.3) is 0 Å². The second-order valence-corrected chi connectivity index (χ2v) is 8.93. The molecule has 0 heterocycles. The molecule has 1 saturated carbocycles. The molecule has 0 bridgehead atoms. The van der Waals surface area contributed by atoms with Crippen molar-refractivity contribution in [2.24, 2.45) is 5.41 Å². The molecule has 1 aromatic rings. The van der Waals surface area contributed by atoms with Gasteiger partial charge in [-0.05, 0) is 30.5 Å². The number of aliphatic carboxylic acids is 1. The zero-order valence-electron chi connectivity index (χ0n) is 14.5. The minimum atomic E-state index is -3.32. The van der Waals surface area contributed by atoms with Crippen LogP contribution in [0.4, 0.5) is 0 Å². The summed E-state index contributed by atoms with van der Waals surface area (Å²) in [6, 6.07) is 6.33. The van der Waals surface area contributed by atoms with Gasteiger partial charge in [0, 0.05) is 6.54 Å². The van der Waals surface area contributed by atoms with Crippen LogP contribution < -0.4 is 5.32 Å². The number of rotatable bonds is 7. The maximum Gasteiger partial charge on any atom is 0.311 e. The molecule has 1 amide bonds. The first-order chi connectivity index (χ1) is 11.8. The number of hydrogen-bond acceptors (Lipinski definition) is 4. The van der Waals surface area contributed by atoms with Crippen LogP contribution in [0.1, 0.15) is 44.6 Å². The molecule has 1 aliphatic rings. The Labute approximate surface area is 148 Å². The van der Waals surface area contributed by atoms with Crippen molar-refractivity contribution in [3.8, 4) is 0 Å². The molecule has 6 nitrogen and oxygen atoms in total. The first-order valence-electron chi connectivity index (χ1n) is 8.61. The summed E-state index contributed by atoms with van der Waals surface area (Å²) in [4.78, 5) is 24.0. The number of carboxylic acids is 1. The molecule has 2 N–H and O–H groups in total. The Hall–Kier alpha value is -1.89. The maximum absolute atomic E-state index is 12.2. The molecule has 0 aromatic heterocycles. The van der Waals surface area contributed by atoms with Gasteiger partial charge in [-0.3, -0.25) is 9.59 Å². The van der Waals surface area contributed by atoms with Crippen LogP contribution in [0, 0.1) is 5.41 Å². The van der Waals surface area contributed by atoms with Crippen molar-refractivity contribution in [2.75, 3.05) is 12.3 Å². The highest BCUT2D eigenvalue weighted by molar-refractivity contribution is 7.91. The summed E-state index contributed by atoms with van der Waals surface area (Å²) in [5, 5.41) is 12.3. The van der Waals surface area contributed by atoms with Gasteiger partial charge in [0.1, 0.15) is 0 Å². The Balaban J connectivity index is 2.01. The molecule has 0 saturated heterocycles. The number of hydrogen-bond donors (Lipinski definition) is 2. The number of amides is 1. The van der Waals surface area contributed by atoms with Crippen molar-refractivity contribution in [2.45, 2.75) is 50.3 Å². The number of nitrogens with one attached hydrogen (secondary N) is 1. The fraction of sp³-hybridized carbons (Fsp3) is 0.556. The molecule has 0 spiro atoms. The van der Waals surface area contributed by atoms with Crippen LogP contribution in [0.25, 0.3) is 0 Å². The van der Waals surface area contributed by atoms with Crippen LogP contribution in [0.2, 0.25) is 0 Å². The predicted molar refractivity (Wildman–Crippen MR) is 94.0 cm³/mol. The quantitative estimate of drug-likeness (QED) is 0.769. The van der Waals surface area contributed by atoms with Crippen LogP contribution in [-0.2, 0) is 25.8 Å². The van der Waals surface area contributed by atoms with E-state index in [1.165, 1.54) is 12.1 Å². The summed E-state index contributed by atoms with van der Waals surface area (Å²) >= 11 is 0. The Kier molecular flexibility index (Phi) is 6.21. The lowest BCUT2D eigenvalue weighted by molar-refractivity contribution is -0.151. The van der Waals surface area contributed by atoms with Crippen LogP contribution in [0.5, 0.6) is 0 Å². The summed E-state index contributed by atoms with van der Waals surface area (Å²) in [6.07, 6.45) is 3.93. The van der Waals surface area contributed by atoms with Crippen LogP contribution in [0.3, 0.4) is 0 Å².